The van der Waals surface area contributed by atoms with Gasteiger partial charge in [0.15, 0.2) is 5.82 Å². The van der Waals surface area contributed by atoms with Crippen LogP contribution < -0.4 is 15.0 Å². The number of likely N-dealkylation sites (tertiary alicyclic amines) is 1. The molecule has 2 aliphatic heterocycles. The van der Waals surface area contributed by atoms with Crippen molar-refractivity contribution in [1.29, 1.82) is 0 Å². The van der Waals surface area contributed by atoms with E-state index in [4.69, 9.17) is 9.72 Å². The maximum atomic E-state index is 13.0. The molecule has 3 aromatic carbocycles. The van der Waals surface area contributed by atoms with Gasteiger partial charge in [-0.25, -0.2) is 4.98 Å². The quantitative estimate of drug-likeness (QED) is 0.247. The van der Waals surface area contributed by atoms with Gasteiger partial charge in [0.05, 0.1) is 29.4 Å². The molecule has 7 rings (SSSR count). The number of hydrogen-bond donors (Lipinski definition) is 3. The van der Waals surface area contributed by atoms with E-state index in [1.54, 1.807) is 19.2 Å². The first kappa shape index (κ1) is 25.6. The molecule has 2 aromatic heterocycles. The van der Waals surface area contributed by atoms with E-state index >= 15 is 0 Å². The zero-order valence-corrected chi connectivity index (χ0v) is 23.3. The summed E-state index contributed by atoms with van der Waals surface area (Å²) in [5, 5.41) is 11.6. The Balaban J connectivity index is 1.11. The zero-order chi connectivity index (χ0) is 27.8. The fraction of sp³-hybridized carbons (Fsp3) is 0.344. The zero-order valence-electron chi connectivity index (χ0n) is 23.3. The second-order valence-electron chi connectivity index (χ2n) is 11.1. The van der Waals surface area contributed by atoms with Gasteiger partial charge in [0.1, 0.15) is 17.0 Å². The van der Waals surface area contributed by atoms with Crippen molar-refractivity contribution in [2.45, 2.75) is 38.1 Å². The number of carbonyl (C=O) groups excluding carboxylic acids is 1. The maximum absolute atomic E-state index is 13.0. The minimum Gasteiger partial charge on any atom is -0.496 e. The molecule has 0 spiro atoms. The summed E-state index contributed by atoms with van der Waals surface area (Å²) in [6, 6.07) is 20.1. The molecule has 2 fully saturated rings. The Morgan fingerprint density at radius 1 is 0.976 bits per heavy atom. The predicted octanol–water partition coefficient (Wildman–Crippen LogP) is 5.82. The van der Waals surface area contributed by atoms with Gasteiger partial charge in [0, 0.05) is 30.2 Å². The van der Waals surface area contributed by atoms with Gasteiger partial charge in [-0.3, -0.25) is 9.89 Å². The lowest BCUT2D eigenvalue weighted by Gasteiger charge is -2.41. The molecule has 0 unspecified atom stereocenters. The Kier molecular flexibility index (Phi) is 6.80. The molecule has 2 aliphatic rings. The van der Waals surface area contributed by atoms with Crippen LogP contribution in [0.15, 0.2) is 60.7 Å². The molecule has 0 radical (unpaired) electrons. The van der Waals surface area contributed by atoms with Crippen LogP contribution >= 0.6 is 0 Å². The highest BCUT2D eigenvalue weighted by atomic mass is 16.5. The number of imidazole rings is 1. The second-order valence-corrected chi connectivity index (χ2v) is 11.1. The van der Waals surface area contributed by atoms with Crippen molar-refractivity contribution in [3.05, 3.63) is 66.2 Å². The summed E-state index contributed by atoms with van der Waals surface area (Å²) in [5.74, 6) is 0.986. The van der Waals surface area contributed by atoms with Crippen LogP contribution in [0.25, 0.3) is 33.5 Å². The molecule has 210 valence electrons. The van der Waals surface area contributed by atoms with E-state index in [1.807, 2.05) is 30.3 Å². The summed E-state index contributed by atoms with van der Waals surface area (Å²) in [6.45, 7) is 4.71. The lowest BCUT2D eigenvalue weighted by Crippen LogP contribution is -2.46. The van der Waals surface area contributed by atoms with Crippen LogP contribution in [-0.4, -0.2) is 70.3 Å². The molecule has 4 heterocycles. The number of nitrogens with one attached hydrogen (secondary N) is 3. The highest BCUT2D eigenvalue weighted by molar-refractivity contribution is 6.11. The van der Waals surface area contributed by atoms with Crippen molar-refractivity contribution in [3.63, 3.8) is 0 Å². The normalized spacial score (nSPS) is 16.9. The molecule has 0 saturated carbocycles. The minimum atomic E-state index is -0.254. The molecule has 5 aromatic rings. The van der Waals surface area contributed by atoms with E-state index in [-0.39, 0.29) is 5.91 Å². The first-order valence-corrected chi connectivity index (χ1v) is 14.6. The lowest BCUT2D eigenvalue weighted by atomic mass is 9.99. The summed E-state index contributed by atoms with van der Waals surface area (Å²) in [6.07, 6.45) is 6.54. The van der Waals surface area contributed by atoms with E-state index in [0.29, 0.717) is 22.5 Å². The molecule has 0 bridgehead atoms. The van der Waals surface area contributed by atoms with Crippen LogP contribution in [0.2, 0.25) is 0 Å². The highest BCUT2D eigenvalue weighted by Gasteiger charge is 2.26. The van der Waals surface area contributed by atoms with E-state index in [2.05, 4.69) is 48.5 Å². The van der Waals surface area contributed by atoms with E-state index in [9.17, 15) is 4.79 Å². The number of amides is 1. The van der Waals surface area contributed by atoms with Gasteiger partial charge in [-0.2, -0.15) is 5.10 Å². The Hall–Kier alpha value is -4.37. The van der Waals surface area contributed by atoms with Gasteiger partial charge >= 0.3 is 0 Å². The molecule has 9 heteroatoms. The molecule has 41 heavy (non-hydrogen) atoms. The van der Waals surface area contributed by atoms with Crippen molar-refractivity contribution >= 4 is 39.2 Å². The summed E-state index contributed by atoms with van der Waals surface area (Å²) < 4.78 is 5.36. The third-order valence-corrected chi connectivity index (χ3v) is 8.62. The second kappa shape index (κ2) is 10.9. The smallest absolute Gasteiger partial charge is 0.259 e. The van der Waals surface area contributed by atoms with Crippen molar-refractivity contribution < 1.29 is 9.53 Å². The average Bonchev–Trinajstić information content (AvgIpc) is 3.66. The van der Waals surface area contributed by atoms with Gasteiger partial charge in [0.25, 0.3) is 5.91 Å². The van der Waals surface area contributed by atoms with E-state index in [0.717, 1.165) is 47.1 Å². The van der Waals surface area contributed by atoms with E-state index in [1.165, 1.54) is 50.9 Å². The standard InChI is InChI=1S/C32H35N7O2/c1-41-28-11-4-3-8-23(28)32(40)35-26-10-7-9-24-29(26)36-37-30(24)31-33-25-13-12-22(20-27(25)34-31)39-18-14-21(15-19-39)38-16-5-2-6-17-38/h3-4,7-13,20-21H,2,5-6,14-19H2,1H3,(H,33,34)(H,35,40)(H,36,37). The molecular weight excluding hydrogens is 514 g/mol. The number of piperidine rings is 2. The number of benzene rings is 3. The molecule has 3 N–H and O–H groups in total. The molecular formula is C32H35N7O2. The monoisotopic (exact) mass is 549 g/mol. The Morgan fingerprint density at radius 3 is 2.63 bits per heavy atom. The summed E-state index contributed by atoms with van der Waals surface area (Å²) in [4.78, 5) is 26.6. The Labute approximate surface area is 238 Å². The molecule has 0 atom stereocenters. The number of aromatic nitrogens is 4. The Morgan fingerprint density at radius 2 is 1.80 bits per heavy atom. The number of fused-ring (bicyclic) bond motifs is 2. The molecule has 2 saturated heterocycles. The number of nitrogens with zero attached hydrogens (tertiary/aromatic N) is 4. The average molecular weight is 550 g/mol. The van der Waals surface area contributed by atoms with Crippen molar-refractivity contribution in [2.24, 2.45) is 0 Å². The first-order valence-electron chi connectivity index (χ1n) is 14.6. The van der Waals surface area contributed by atoms with Crippen molar-refractivity contribution in [1.82, 2.24) is 25.1 Å². The molecule has 0 aliphatic carbocycles. The minimum absolute atomic E-state index is 0.254. The third kappa shape index (κ3) is 4.91. The van der Waals surface area contributed by atoms with Gasteiger partial charge in [-0.15, -0.1) is 0 Å². The Bertz CT molecular complexity index is 1690. The maximum Gasteiger partial charge on any atom is 0.259 e. The number of methoxy groups -OCH3 is 1. The van der Waals surface area contributed by atoms with Crippen LogP contribution in [0.3, 0.4) is 0 Å². The van der Waals surface area contributed by atoms with Crippen LogP contribution in [0.4, 0.5) is 11.4 Å². The number of H-pyrrole nitrogens is 2. The number of rotatable bonds is 6. The molecule has 1 amide bonds. The summed E-state index contributed by atoms with van der Waals surface area (Å²) >= 11 is 0. The summed E-state index contributed by atoms with van der Waals surface area (Å²) in [7, 11) is 1.56. The number of anilines is 2. The largest absolute Gasteiger partial charge is 0.496 e. The van der Waals surface area contributed by atoms with Gasteiger partial charge in [-0.05, 0) is 75.2 Å². The highest BCUT2D eigenvalue weighted by Crippen LogP contribution is 2.32. The SMILES string of the molecule is COc1ccccc1C(=O)Nc1cccc2c(-c3nc4ccc(N5CCC(N6CCCCC6)CC5)cc4[nH]3)[nH]nc12. The van der Waals surface area contributed by atoms with Crippen LogP contribution in [0, 0.1) is 0 Å². The number of carbonyl (C=O) groups is 1. The van der Waals surface area contributed by atoms with Gasteiger partial charge < -0.3 is 24.8 Å². The van der Waals surface area contributed by atoms with Gasteiger partial charge in [0.2, 0.25) is 0 Å². The number of para-hydroxylation sites is 2. The fourth-order valence-electron chi connectivity index (χ4n) is 6.43. The lowest BCUT2D eigenvalue weighted by molar-refractivity contribution is 0.102. The number of aromatic amines is 2. The predicted molar refractivity (Wildman–Crippen MR) is 163 cm³/mol. The number of ether oxygens (including phenoxy) is 1. The van der Waals surface area contributed by atoms with Crippen LogP contribution in [0.5, 0.6) is 5.75 Å². The van der Waals surface area contributed by atoms with Gasteiger partial charge in [-0.1, -0.05) is 30.7 Å². The fourth-order valence-corrected chi connectivity index (χ4v) is 6.43. The third-order valence-electron chi connectivity index (χ3n) is 8.62. The van der Waals surface area contributed by atoms with Crippen LogP contribution in [0.1, 0.15) is 42.5 Å². The topological polar surface area (TPSA) is 102 Å². The molecule has 9 nitrogen and oxygen atoms in total. The van der Waals surface area contributed by atoms with Crippen LogP contribution in [-0.2, 0) is 0 Å². The van der Waals surface area contributed by atoms with Crippen molar-refractivity contribution in [2.75, 3.05) is 43.5 Å². The number of hydrogen-bond acceptors (Lipinski definition) is 6. The first-order chi connectivity index (χ1) is 20.2. The summed E-state index contributed by atoms with van der Waals surface area (Å²) in [5.41, 5.74) is 5.69. The van der Waals surface area contributed by atoms with Crippen molar-refractivity contribution in [3.8, 4) is 17.3 Å². The van der Waals surface area contributed by atoms with E-state index < -0.39 is 0 Å².